The molecule has 1 atom stereocenters. The Balaban J connectivity index is 2.01. The van der Waals surface area contributed by atoms with Gasteiger partial charge in [-0.15, -0.1) is 0 Å². The van der Waals surface area contributed by atoms with E-state index in [1.165, 1.54) is 11.1 Å². The second-order valence-corrected chi connectivity index (χ2v) is 8.07. The van der Waals surface area contributed by atoms with Crippen molar-refractivity contribution in [3.05, 3.63) is 64.7 Å². The summed E-state index contributed by atoms with van der Waals surface area (Å²) in [5.74, 6) is 0.780. The molecule has 0 aromatic heterocycles. The fourth-order valence-electron chi connectivity index (χ4n) is 3.60. The molecule has 0 fully saturated rings. The minimum absolute atomic E-state index is 0.00240. The maximum Gasteiger partial charge on any atom is 0.257 e. The van der Waals surface area contributed by atoms with Crippen LogP contribution in [0.1, 0.15) is 48.6 Å². The van der Waals surface area contributed by atoms with Crippen LogP contribution in [-0.2, 0) is 4.79 Å². The van der Waals surface area contributed by atoms with Crippen LogP contribution in [0.4, 0.5) is 0 Å². The molecule has 1 amide bonds. The van der Waals surface area contributed by atoms with Gasteiger partial charge >= 0.3 is 0 Å². The first-order chi connectivity index (χ1) is 13.8. The molecular weight excluding hydrogens is 362 g/mol. The lowest BCUT2D eigenvalue weighted by Crippen LogP contribution is -2.39. The summed E-state index contributed by atoms with van der Waals surface area (Å²) >= 11 is 0. The van der Waals surface area contributed by atoms with Crippen molar-refractivity contribution in [2.75, 3.05) is 20.7 Å². The summed E-state index contributed by atoms with van der Waals surface area (Å²) in [6.45, 7) is 8.66. The van der Waals surface area contributed by atoms with Crippen LogP contribution in [0.2, 0.25) is 0 Å². The van der Waals surface area contributed by atoms with E-state index in [0.29, 0.717) is 13.0 Å². The van der Waals surface area contributed by atoms with Gasteiger partial charge in [0, 0.05) is 23.6 Å². The maximum atomic E-state index is 13.2. The first kappa shape index (κ1) is 21.1. The van der Waals surface area contributed by atoms with Crippen LogP contribution in [-0.4, -0.2) is 48.3 Å². The number of aryl methyl sites for hydroxylation is 2. The van der Waals surface area contributed by atoms with Crippen molar-refractivity contribution in [2.45, 2.75) is 46.2 Å². The highest BCUT2D eigenvalue weighted by Gasteiger charge is 2.35. The predicted molar refractivity (Wildman–Crippen MR) is 117 cm³/mol. The maximum absolute atomic E-state index is 13.2. The molecule has 0 saturated carbocycles. The van der Waals surface area contributed by atoms with Crippen molar-refractivity contribution >= 4 is 11.6 Å². The molecule has 2 aromatic carbocycles. The Hall–Kier alpha value is -2.66. The number of hydrogen-bond acceptors (Lipinski definition) is 4. The number of methoxy groups -OCH3 is 1. The summed E-state index contributed by atoms with van der Waals surface area (Å²) in [6, 6.07) is 14.4. The summed E-state index contributed by atoms with van der Waals surface area (Å²) in [7, 11) is 3.63. The van der Waals surface area contributed by atoms with Gasteiger partial charge in [0.1, 0.15) is 5.75 Å². The van der Waals surface area contributed by atoms with Crippen molar-refractivity contribution in [2.24, 2.45) is 5.10 Å². The molecule has 0 radical (unpaired) electrons. The molecule has 1 heterocycles. The summed E-state index contributed by atoms with van der Waals surface area (Å²) in [5, 5.41) is 6.48. The molecule has 0 spiro atoms. The molecule has 0 bridgehead atoms. The van der Waals surface area contributed by atoms with Gasteiger partial charge in [-0.05, 0) is 52.4 Å². The highest BCUT2D eigenvalue weighted by atomic mass is 16.5. The Kier molecular flexibility index (Phi) is 6.38. The zero-order chi connectivity index (χ0) is 21.1. The van der Waals surface area contributed by atoms with Crippen LogP contribution in [0.5, 0.6) is 5.75 Å². The average molecular weight is 394 g/mol. The number of amides is 1. The van der Waals surface area contributed by atoms with Crippen LogP contribution >= 0.6 is 0 Å². The van der Waals surface area contributed by atoms with Crippen LogP contribution in [0.3, 0.4) is 0 Å². The third-order valence-corrected chi connectivity index (χ3v) is 5.63. The zero-order valence-electron chi connectivity index (χ0n) is 18.3. The fraction of sp³-hybridized carbons (Fsp3) is 0.417. The van der Waals surface area contributed by atoms with E-state index in [2.05, 4.69) is 45.9 Å². The van der Waals surface area contributed by atoms with E-state index in [1.807, 2.05) is 36.2 Å². The Morgan fingerprint density at radius 2 is 1.97 bits per heavy atom. The molecular formula is C24H31N3O2. The first-order valence-corrected chi connectivity index (χ1v) is 10.1. The number of ether oxygens (including phenoxy) is 1. The molecule has 0 saturated heterocycles. The number of benzene rings is 2. The van der Waals surface area contributed by atoms with Gasteiger partial charge in [0.15, 0.2) is 0 Å². The fourth-order valence-corrected chi connectivity index (χ4v) is 3.60. The van der Waals surface area contributed by atoms with Crippen molar-refractivity contribution in [1.82, 2.24) is 9.91 Å². The van der Waals surface area contributed by atoms with Gasteiger partial charge in [-0.3, -0.25) is 9.69 Å². The number of carbonyl (C=O) groups excluding carboxylic acids is 1. The van der Waals surface area contributed by atoms with Gasteiger partial charge in [0.2, 0.25) is 0 Å². The van der Waals surface area contributed by atoms with Crippen LogP contribution in [0, 0.1) is 13.8 Å². The molecule has 154 valence electrons. The number of nitrogens with zero attached hydrogens (tertiary/aromatic N) is 3. The quantitative estimate of drug-likeness (QED) is 0.734. The lowest BCUT2D eigenvalue weighted by Gasteiger charge is -2.27. The Morgan fingerprint density at radius 3 is 2.66 bits per heavy atom. The molecule has 3 rings (SSSR count). The number of rotatable bonds is 6. The van der Waals surface area contributed by atoms with Gasteiger partial charge in [-0.2, -0.15) is 5.10 Å². The first-order valence-electron chi connectivity index (χ1n) is 10.1. The number of hydrazone groups is 1. The smallest absolute Gasteiger partial charge is 0.257 e. The minimum Gasteiger partial charge on any atom is -0.496 e. The zero-order valence-corrected chi connectivity index (χ0v) is 18.3. The van der Waals surface area contributed by atoms with E-state index in [4.69, 9.17) is 9.84 Å². The predicted octanol–water partition coefficient (Wildman–Crippen LogP) is 4.33. The Bertz CT molecular complexity index is 920. The van der Waals surface area contributed by atoms with Gasteiger partial charge in [-0.25, -0.2) is 5.01 Å². The largest absolute Gasteiger partial charge is 0.496 e. The molecule has 5 nitrogen and oxygen atoms in total. The van der Waals surface area contributed by atoms with E-state index in [1.54, 1.807) is 12.1 Å². The molecule has 2 aromatic rings. The second-order valence-electron chi connectivity index (χ2n) is 8.07. The van der Waals surface area contributed by atoms with Crippen molar-refractivity contribution in [3.63, 3.8) is 0 Å². The number of carbonyl (C=O) groups is 1. The van der Waals surface area contributed by atoms with Crippen LogP contribution in [0.15, 0.2) is 47.6 Å². The minimum atomic E-state index is -0.172. The van der Waals surface area contributed by atoms with Crippen LogP contribution in [0.25, 0.3) is 0 Å². The summed E-state index contributed by atoms with van der Waals surface area (Å²) < 4.78 is 5.59. The molecule has 0 aliphatic carbocycles. The van der Waals surface area contributed by atoms with Crippen molar-refractivity contribution in [3.8, 4) is 5.75 Å². The Morgan fingerprint density at radius 1 is 1.24 bits per heavy atom. The summed E-state index contributed by atoms with van der Waals surface area (Å²) in [4.78, 5) is 15.2. The highest BCUT2D eigenvalue weighted by Crippen LogP contribution is 2.38. The normalized spacial score (nSPS) is 16.5. The van der Waals surface area contributed by atoms with E-state index < -0.39 is 0 Å². The molecule has 1 aliphatic heterocycles. The van der Waals surface area contributed by atoms with Gasteiger partial charge < -0.3 is 4.74 Å². The van der Waals surface area contributed by atoms with E-state index in [0.717, 1.165) is 22.6 Å². The number of hydrogen-bond donors (Lipinski definition) is 0. The third kappa shape index (κ3) is 4.51. The molecule has 0 N–H and O–H groups in total. The number of para-hydroxylation sites is 1. The topological polar surface area (TPSA) is 45.1 Å². The van der Waals surface area contributed by atoms with E-state index >= 15 is 0 Å². The van der Waals surface area contributed by atoms with Gasteiger partial charge in [0.05, 0.1) is 25.4 Å². The summed E-state index contributed by atoms with van der Waals surface area (Å²) in [6.07, 6.45) is 0.668. The third-order valence-electron chi connectivity index (χ3n) is 5.63. The standard InChI is InChI=1S/C24H31N3O2/c1-16(2)26(5)15-24(28)27-22(19-9-7-8-10-23(19)29-6)14-21(25-27)20-13-17(3)11-12-18(20)4/h7-13,16,22H,14-15H2,1-6H3. The molecule has 29 heavy (non-hydrogen) atoms. The van der Waals surface area contributed by atoms with Crippen LogP contribution < -0.4 is 4.74 Å². The van der Waals surface area contributed by atoms with E-state index in [-0.39, 0.29) is 18.0 Å². The Labute approximate surface area is 174 Å². The second kappa shape index (κ2) is 8.78. The summed E-state index contributed by atoms with van der Waals surface area (Å²) in [5.41, 5.74) is 5.40. The van der Waals surface area contributed by atoms with Gasteiger partial charge in [-0.1, -0.05) is 35.9 Å². The molecule has 1 unspecified atom stereocenters. The van der Waals surface area contributed by atoms with Gasteiger partial charge in [0.25, 0.3) is 5.91 Å². The SMILES string of the molecule is COc1ccccc1C1CC(c2cc(C)ccc2C)=NN1C(=O)CN(C)C(C)C. The van der Waals surface area contributed by atoms with Crippen molar-refractivity contribution in [1.29, 1.82) is 0 Å². The monoisotopic (exact) mass is 393 g/mol. The van der Waals surface area contributed by atoms with Crippen molar-refractivity contribution < 1.29 is 9.53 Å². The average Bonchev–Trinajstić information content (AvgIpc) is 3.14. The molecule has 1 aliphatic rings. The molecule has 5 heteroatoms. The lowest BCUT2D eigenvalue weighted by molar-refractivity contribution is -0.134. The van der Waals surface area contributed by atoms with E-state index in [9.17, 15) is 4.79 Å². The highest BCUT2D eigenvalue weighted by molar-refractivity contribution is 6.04. The lowest BCUT2D eigenvalue weighted by atomic mass is 9.94. The number of likely N-dealkylation sites (N-methyl/N-ethyl adjacent to an activating group) is 1.